The Bertz CT molecular complexity index is 510. The molecule has 7 heteroatoms. The maximum atomic E-state index is 12.0. The summed E-state index contributed by atoms with van der Waals surface area (Å²) in [6.07, 6.45) is 3.11. The van der Waals surface area contributed by atoms with Gasteiger partial charge in [0.05, 0.1) is 5.56 Å². The fourth-order valence-electron chi connectivity index (χ4n) is 1.48. The zero-order chi connectivity index (χ0) is 13.8. The second kappa shape index (κ2) is 6.54. The maximum Gasteiger partial charge on any atom is 0.270 e. The van der Waals surface area contributed by atoms with E-state index >= 15 is 0 Å². The fraction of sp³-hybridized carbons (Fsp3) is 0.545. The number of hydrogen-bond acceptors (Lipinski definition) is 4. The second-order valence-corrected chi connectivity index (χ2v) is 7.73. The standard InChI is InChI=1S/C11H16ClNO3S2/c1-3-4-5-6-13(2)11(14)9-7-10(17-8-9)18(12,15)16/h7-8H,3-6H2,1-2H3. The van der Waals surface area contributed by atoms with Gasteiger partial charge < -0.3 is 4.90 Å². The lowest BCUT2D eigenvalue weighted by Crippen LogP contribution is -2.27. The minimum Gasteiger partial charge on any atom is -0.342 e. The summed E-state index contributed by atoms with van der Waals surface area (Å²) in [5.74, 6) is -0.172. The van der Waals surface area contributed by atoms with Gasteiger partial charge in [-0.1, -0.05) is 19.8 Å². The van der Waals surface area contributed by atoms with Crippen molar-refractivity contribution in [3.63, 3.8) is 0 Å². The molecule has 0 saturated heterocycles. The van der Waals surface area contributed by atoms with Crippen molar-refractivity contribution in [2.45, 2.75) is 30.4 Å². The summed E-state index contributed by atoms with van der Waals surface area (Å²) in [6, 6.07) is 1.33. The molecule has 0 saturated carbocycles. The van der Waals surface area contributed by atoms with Gasteiger partial charge in [0.25, 0.3) is 15.0 Å². The van der Waals surface area contributed by atoms with Crippen molar-refractivity contribution >= 4 is 37.0 Å². The molecule has 1 rings (SSSR count). The Morgan fingerprint density at radius 1 is 1.44 bits per heavy atom. The number of carbonyl (C=O) groups is 1. The van der Waals surface area contributed by atoms with Crippen LogP contribution in [0.4, 0.5) is 0 Å². The molecule has 4 nitrogen and oxygen atoms in total. The van der Waals surface area contributed by atoms with Crippen molar-refractivity contribution in [2.75, 3.05) is 13.6 Å². The number of amides is 1. The Kier molecular flexibility index (Phi) is 5.62. The van der Waals surface area contributed by atoms with Gasteiger partial charge in [0, 0.05) is 29.7 Å². The first-order valence-electron chi connectivity index (χ1n) is 5.65. The molecule has 0 aliphatic heterocycles. The van der Waals surface area contributed by atoms with Crippen LogP contribution in [0.3, 0.4) is 0 Å². The van der Waals surface area contributed by atoms with Crippen LogP contribution in [-0.2, 0) is 9.05 Å². The third-order valence-electron chi connectivity index (χ3n) is 2.51. The molecule has 18 heavy (non-hydrogen) atoms. The molecule has 0 atom stereocenters. The highest BCUT2D eigenvalue weighted by Gasteiger charge is 2.18. The number of hydrogen-bond donors (Lipinski definition) is 0. The highest BCUT2D eigenvalue weighted by Crippen LogP contribution is 2.24. The highest BCUT2D eigenvalue weighted by molar-refractivity contribution is 8.15. The van der Waals surface area contributed by atoms with Crippen LogP contribution in [0, 0.1) is 0 Å². The topological polar surface area (TPSA) is 54.5 Å². The van der Waals surface area contributed by atoms with Gasteiger partial charge in [-0.25, -0.2) is 8.42 Å². The van der Waals surface area contributed by atoms with E-state index in [9.17, 15) is 13.2 Å². The first-order valence-corrected chi connectivity index (χ1v) is 8.83. The molecule has 102 valence electrons. The zero-order valence-electron chi connectivity index (χ0n) is 10.3. The lowest BCUT2D eigenvalue weighted by atomic mass is 10.2. The van der Waals surface area contributed by atoms with Crippen LogP contribution < -0.4 is 0 Å². The Labute approximate surface area is 116 Å². The van der Waals surface area contributed by atoms with E-state index in [1.165, 1.54) is 11.4 Å². The monoisotopic (exact) mass is 309 g/mol. The predicted octanol–water partition coefficient (Wildman–Crippen LogP) is 2.94. The largest absolute Gasteiger partial charge is 0.342 e. The third-order valence-corrected chi connectivity index (χ3v) is 5.55. The van der Waals surface area contributed by atoms with Crippen LogP contribution in [0.25, 0.3) is 0 Å². The highest BCUT2D eigenvalue weighted by atomic mass is 35.7. The molecule has 1 heterocycles. The number of unbranched alkanes of at least 4 members (excludes halogenated alkanes) is 2. The number of rotatable bonds is 6. The third kappa shape index (κ3) is 4.26. The van der Waals surface area contributed by atoms with Crippen LogP contribution in [0.15, 0.2) is 15.7 Å². The van der Waals surface area contributed by atoms with Crippen LogP contribution in [0.5, 0.6) is 0 Å². The molecule has 0 bridgehead atoms. The van der Waals surface area contributed by atoms with Crippen molar-refractivity contribution in [1.82, 2.24) is 4.90 Å². The molecule has 0 aliphatic rings. The predicted molar refractivity (Wildman–Crippen MR) is 73.8 cm³/mol. The van der Waals surface area contributed by atoms with Gasteiger partial charge in [-0.2, -0.15) is 0 Å². The average Bonchev–Trinajstić information content (AvgIpc) is 2.77. The normalized spacial score (nSPS) is 11.5. The summed E-state index contributed by atoms with van der Waals surface area (Å²) in [6.45, 7) is 2.77. The quantitative estimate of drug-likeness (QED) is 0.599. The summed E-state index contributed by atoms with van der Waals surface area (Å²) in [5.41, 5.74) is 0.373. The first kappa shape index (κ1) is 15.5. The number of nitrogens with zero attached hydrogens (tertiary/aromatic N) is 1. The van der Waals surface area contributed by atoms with E-state index in [-0.39, 0.29) is 10.1 Å². The van der Waals surface area contributed by atoms with Gasteiger partial charge in [0.15, 0.2) is 0 Å². The Hall–Kier alpha value is -0.590. The molecule has 0 unspecified atom stereocenters. The van der Waals surface area contributed by atoms with Crippen molar-refractivity contribution in [3.8, 4) is 0 Å². The van der Waals surface area contributed by atoms with Gasteiger partial charge in [-0.3, -0.25) is 4.79 Å². The SMILES string of the molecule is CCCCCN(C)C(=O)c1csc(S(=O)(=O)Cl)c1. The second-order valence-electron chi connectivity index (χ2n) is 4.03. The fourth-order valence-corrected chi connectivity index (χ4v) is 3.42. The minimum absolute atomic E-state index is 0.00877. The molecular weight excluding hydrogens is 294 g/mol. The maximum absolute atomic E-state index is 12.0. The van der Waals surface area contributed by atoms with Crippen molar-refractivity contribution in [3.05, 3.63) is 17.0 Å². The van der Waals surface area contributed by atoms with Crippen molar-refractivity contribution in [2.24, 2.45) is 0 Å². The lowest BCUT2D eigenvalue weighted by molar-refractivity contribution is 0.0793. The van der Waals surface area contributed by atoms with E-state index in [2.05, 4.69) is 6.92 Å². The number of thiophene rings is 1. The zero-order valence-corrected chi connectivity index (χ0v) is 12.7. The van der Waals surface area contributed by atoms with E-state index in [1.807, 2.05) is 0 Å². The van der Waals surface area contributed by atoms with E-state index in [0.717, 1.165) is 30.6 Å². The molecule has 0 radical (unpaired) electrons. The van der Waals surface area contributed by atoms with Crippen LogP contribution >= 0.6 is 22.0 Å². The first-order chi connectivity index (χ1) is 8.36. The molecular formula is C11H16ClNO3S2. The summed E-state index contributed by atoms with van der Waals surface area (Å²) in [4.78, 5) is 13.6. The van der Waals surface area contributed by atoms with Gasteiger partial charge in [-0.15, -0.1) is 11.3 Å². The van der Waals surface area contributed by atoms with Gasteiger partial charge in [0.1, 0.15) is 4.21 Å². The van der Waals surface area contributed by atoms with E-state index in [1.54, 1.807) is 11.9 Å². The van der Waals surface area contributed by atoms with Crippen molar-refractivity contribution < 1.29 is 13.2 Å². The molecule has 0 spiro atoms. The Balaban J connectivity index is 2.70. The lowest BCUT2D eigenvalue weighted by Gasteiger charge is -2.15. The average molecular weight is 310 g/mol. The Morgan fingerprint density at radius 2 is 2.11 bits per heavy atom. The van der Waals surface area contributed by atoms with Crippen LogP contribution in [0.1, 0.15) is 36.5 Å². The van der Waals surface area contributed by atoms with Crippen LogP contribution in [0.2, 0.25) is 0 Å². The summed E-state index contributed by atoms with van der Waals surface area (Å²) in [5, 5.41) is 1.52. The summed E-state index contributed by atoms with van der Waals surface area (Å²) >= 11 is 0.963. The molecule has 0 aromatic carbocycles. The summed E-state index contributed by atoms with van der Waals surface area (Å²) in [7, 11) is 3.19. The molecule has 1 aromatic rings. The number of carbonyl (C=O) groups excluding carboxylic acids is 1. The molecule has 1 amide bonds. The van der Waals surface area contributed by atoms with E-state index in [4.69, 9.17) is 10.7 Å². The van der Waals surface area contributed by atoms with Crippen molar-refractivity contribution in [1.29, 1.82) is 0 Å². The molecule has 0 fully saturated rings. The minimum atomic E-state index is -3.74. The van der Waals surface area contributed by atoms with E-state index < -0.39 is 9.05 Å². The number of halogens is 1. The van der Waals surface area contributed by atoms with Gasteiger partial charge in [0.2, 0.25) is 0 Å². The smallest absolute Gasteiger partial charge is 0.270 e. The summed E-state index contributed by atoms with van der Waals surface area (Å²) < 4.78 is 22.2. The van der Waals surface area contributed by atoms with E-state index in [0.29, 0.717) is 12.1 Å². The molecule has 0 N–H and O–H groups in total. The van der Waals surface area contributed by atoms with Gasteiger partial charge in [-0.05, 0) is 12.5 Å². The molecule has 1 aromatic heterocycles. The Morgan fingerprint density at radius 3 is 2.61 bits per heavy atom. The molecule has 0 aliphatic carbocycles. The van der Waals surface area contributed by atoms with Gasteiger partial charge >= 0.3 is 0 Å². The van der Waals surface area contributed by atoms with Crippen LogP contribution in [-0.4, -0.2) is 32.8 Å².